The highest BCUT2D eigenvalue weighted by atomic mass is 79.9. The number of nitrogens with one attached hydrogen (secondary N) is 1. The van der Waals surface area contributed by atoms with Gasteiger partial charge < -0.3 is 15.0 Å². The molecule has 144 valence electrons. The highest BCUT2D eigenvalue weighted by molar-refractivity contribution is 9.10. The lowest BCUT2D eigenvalue weighted by Crippen LogP contribution is -2.49. The van der Waals surface area contributed by atoms with Crippen molar-refractivity contribution in [2.75, 3.05) is 13.2 Å². The number of ether oxygens (including phenoxy) is 1. The van der Waals surface area contributed by atoms with Gasteiger partial charge in [0.25, 0.3) is 5.91 Å². The van der Waals surface area contributed by atoms with Gasteiger partial charge in [-0.25, -0.2) is 4.39 Å². The van der Waals surface area contributed by atoms with E-state index in [0.717, 1.165) is 10.0 Å². The molecule has 0 bridgehead atoms. The van der Waals surface area contributed by atoms with E-state index in [1.54, 1.807) is 19.1 Å². The molecule has 27 heavy (non-hydrogen) atoms. The van der Waals surface area contributed by atoms with Gasteiger partial charge in [-0.15, -0.1) is 0 Å². The van der Waals surface area contributed by atoms with Gasteiger partial charge in [0.1, 0.15) is 6.04 Å². The van der Waals surface area contributed by atoms with Crippen molar-refractivity contribution in [3.8, 4) is 5.75 Å². The standard InChI is InChI=1S/C20H22BrFN2O3/c1-3-23-20(26)14(2)24(12-15-8-10-16(21)11-9-15)19(25)13-27-18-7-5-4-6-17(18)22/h4-11,14H,3,12-13H2,1-2H3,(H,23,26). The first-order chi connectivity index (χ1) is 12.9. The van der Waals surface area contributed by atoms with Crippen molar-refractivity contribution in [1.29, 1.82) is 0 Å². The number of amides is 2. The second-order valence-electron chi connectivity index (χ2n) is 5.94. The Morgan fingerprint density at radius 2 is 1.85 bits per heavy atom. The maximum absolute atomic E-state index is 13.7. The fourth-order valence-electron chi connectivity index (χ4n) is 2.48. The van der Waals surface area contributed by atoms with Crippen molar-refractivity contribution in [3.05, 3.63) is 64.4 Å². The highest BCUT2D eigenvalue weighted by Crippen LogP contribution is 2.17. The fraction of sp³-hybridized carbons (Fsp3) is 0.300. The number of halogens is 2. The second kappa shape index (κ2) is 10.1. The van der Waals surface area contributed by atoms with Gasteiger partial charge in [0, 0.05) is 17.6 Å². The number of para-hydroxylation sites is 1. The summed E-state index contributed by atoms with van der Waals surface area (Å²) >= 11 is 3.37. The number of carbonyl (C=O) groups is 2. The van der Waals surface area contributed by atoms with E-state index in [2.05, 4.69) is 21.2 Å². The van der Waals surface area contributed by atoms with Crippen molar-refractivity contribution < 1.29 is 18.7 Å². The monoisotopic (exact) mass is 436 g/mol. The molecule has 0 aliphatic carbocycles. The maximum Gasteiger partial charge on any atom is 0.261 e. The molecule has 1 atom stereocenters. The summed E-state index contributed by atoms with van der Waals surface area (Å²) in [4.78, 5) is 26.4. The van der Waals surface area contributed by atoms with E-state index in [4.69, 9.17) is 4.74 Å². The Morgan fingerprint density at radius 3 is 2.48 bits per heavy atom. The molecule has 5 nitrogen and oxygen atoms in total. The van der Waals surface area contributed by atoms with Crippen LogP contribution in [0.4, 0.5) is 4.39 Å². The summed E-state index contributed by atoms with van der Waals surface area (Å²) in [6.45, 7) is 3.82. The zero-order chi connectivity index (χ0) is 19.8. The molecule has 0 saturated heterocycles. The number of likely N-dealkylation sites (N-methyl/N-ethyl adjacent to an activating group) is 1. The van der Waals surface area contributed by atoms with Crippen LogP contribution in [0.2, 0.25) is 0 Å². The average Bonchev–Trinajstić information content (AvgIpc) is 2.66. The highest BCUT2D eigenvalue weighted by Gasteiger charge is 2.26. The molecule has 2 amide bonds. The van der Waals surface area contributed by atoms with Crippen LogP contribution in [0.5, 0.6) is 5.75 Å². The van der Waals surface area contributed by atoms with Gasteiger partial charge in [0.05, 0.1) is 0 Å². The molecule has 7 heteroatoms. The number of carbonyl (C=O) groups excluding carboxylic acids is 2. The SMILES string of the molecule is CCNC(=O)C(C)N(Cc1ccc(Br)cc1)C(=O)COc1ccccc1F. The third kappa shape index (κ3) is 6.06. The van der Waals surface area contributed by atoms with E-state index >= 15 is 0 Å². The van der Waals surface area contributed by atoms with E-state index in [1.165, 1.54) is 17.0 Å². The molecule has 0 aliphatic rings. The van der Waals surface area contributed by atoms with Gasteiger partial charge in [-0.1, -0.05) is 40.2 Å². The summed E-state index contributed by atoms with van der Waals surface area (Å²) in [5.74, 6) is -1.20. The van der Waals surface area contributed by atoms with Gasteiger partial charge in [-0.05, 0) is 43.7 Å². The van der Waals surface area contributed by atoms with Gasteiger partial charge >= 0.3 is 0 Å². The molecule has 1 unspecified atom stereocenters. The lowest BCUT2D eigenvalue weighted by Gasteiger charge is -2.28. The van der Waals surface area contributed by atoms with E-state index in [1.807, 2.05) is 31.2 Å². The summed E-state index contributed by atoms with van der Waals surface area (Å²) in [5, 5.41) is 2.72. The normalized spacial score (nSPS) is 11.6. The molecule has 0 saturated carbocycles. The maximum atomic E-state index is 13.7. The van der Waals surface area contributed by atoms with E-state index < -0.39 is 17.8 Å². The first-order valence-corrected chi connectivity index (χ1v) is 9.40. The van der Waals surface area contributed by atoms with Gasteiger partial charge in [0.15, 0.2) is 18.2 Å². The number of nitrogens with zero attached hydrogens (tertiary/aromatic N) is 1. The smallest absolute Gasteiger partial charge is 0.261 e. The van der Waals surface area contributed by atoms with Crippen LogP contribution in [0, 0.1) is 5.82 Å². The van der Waals surface area contributed by atoms with Gasteiger partial charge in [0.2, 0.25) is 5.91 Å². The minimum Gasteiger partial charge on any atom is -0.481 e. The van der Waals surface area contributed by atoms with E-state index in [-0.39, 0.29) is 24.8 Å². The van der Waals surface area contributed by atoms with Crippen LogP contribution in [-0.4, -0.2) is 35.9 Å². The first-order valence-electron chi connectivity index (χ1n) is 8.61. The molecule has 0 aliphatic heterocycles. The molecule has 2 aromatic rings. The predicted octanol–water partition coefficient (Wildman–Crippen LogP) is 3.52. The van der Waals surface area contributed by atoms with Crippen LogP contribution in [-0.2, 0) is 16.1 Å². The van der Waals surface area contributed by atoms with Crippen molar-refractivity contribution in [2.45, 2.75) is 26.4 Å². The Kier molecular flexibility index (Phi) is 7.79. The third-order valence-electron chi connectivity index (χ3n) is 3.97. The topological polar surface area (TPSA) is 58.6 Å². The lowest BCUT2D eigenvalue weighted by molar-refractivity contribution is -0.142. The Bertz CT molecular complexity index is 783. The molecule has 0 aromatic heterocycles. The molecule has 0 fully saturated rings. The Hall–Kier alpha value is -2.41. The predicted molar refractivity (Wildman–Crippen MR) is 105 cm³/mol. The zero-order valence-corrected chi connectivity index (χ0v) is 16.8. The second-order valence-corrected chi connectivity index (χ2v) is 6.85. The summed E-state index contributed by atoms with van der Waals surface area (Å²) in [7, 11) is 0. The van der Waals surface area contributed by atoms with Crippen LogP contribution in [0.25, 0.3) is 0 Å². The summed E-state index contributed by atoms with van der Waals surface area (Å²) < 4.78 is 19.9. The van der Waals surface area contributed by atoms with Crippen molar-refractivity contribution in [1.82, 2.24) is 10.2 Å². The largest absolute Gasteiger partial charge is 0.481 e. The molecular formula is C20H22BrFN2O3. The quantitative estimate of drug-likeness (QED) is 0.688. The number of rotatable bonds is 8. The summed E-state index contributed by atoms with van der Waals surface area (Å²) in [6, 6.07) is 12.7. The molecular weight excluding hydrogens is 415 g/mol. The average molecular weight is 437 g/mol. The van der Waals surface area contributed by atoms with E-state index in [0.29, 0.717) is 6.54 Å². The number of benzene rings is 2. The molecule has 2 aromatic carbocycles. The Balaban J connectivity index is 2.14. The third-order valence-corrected chi connectivity index (χ3v) is 4.50. The molecule has 2 rings (SSSR count). The summed E-state index contributed by atoms with van der Waals surface area (Å²) in [6.07, 6.45) is 0. The Labute approximate surface area is 166 Å². The van der Waals surface area contributed by atoms with Crippen molar-refractivity contribution in [2.24, 2.45) is 0 Å². The minimum absolute atomic E-state index is 0.0000967. The van der Waals surface area contributed by atoms with Crippen LogP contribution < -0.4 is 10.1 Å². The molecule has 0 heterocycles. The number of hydrogen-bond acceptors (Lipinski definition) is 3. The van der Waals surface area contributed by atoms with Crippen molar-refractivity contribution >= 4 is 27.7 Å². The Morgan fingerprint density at radius 1 is 1.19 bits per heavy atom. The van der Waals surface area contributed by atoms with Crippen LogP contribution in [0.1, 0.15) is 19.4 Å². The summed E-state index contributed by atoms with van der Waals surface area (Å²) in [5.41, 5.74) is 0.869. The first kappa shape index (κ1) is 20.9. The fourth-order valence-corrected chi connectivity index (χ4v) is 2.74. The van der Waals surface area contributed by atoms with Crippen LogP contribution >= 0.6 is 15.9 Å². The minimum atomic E-state index is -0.690. The van der Waals surface area contributed by atoms with E-state index in [9.17, 15) is 14.0 Å². The van der Waals surface area contributed by atoms with Crippen molar-refractivity contribution in [3.63, 3.8) is 0 Å². The van der Waals surface area contributed by atoms with Gasteiger partial charge in [-0.3, -0.25) is 9.59 Å². The van der Waals surface area contributed by atoms with Crippen LogP contribution in [0.15, 0.2) is 53.0 Å². The molecule has 0 radical (unpaired) electrons. The molecule has 0 spiro atoms. The zero-order valence-electron chi connectivity index (χ0n) is 15.2. The van der Waals surface area contributed by atoms with Crippen LogP contribution in [0.3, 0.4) is 0 Å². The molecule has 1 N–H and O–H groups in total. The number of hydrogen-bond donors (Lipinski definition) is 1. The lowest BCUT2D eigenvalue weighted by atomic mass is 10.1. The van der Waals surface area contributed by atoms with Gasteiger partial charge in [-0.2, -0.15) is 0 Å².